The molecule has 0 unspecified atom stereocenters. The highest BCUT2D eigenvalue weighted by atomic mass is 19.4. The smallest absolute Gasteiger partial charge is 0.417 e. The Morgan fingerprint density at radius 3 is 2.45 bits per heavy atom. The molecule has 3 aromatic rings. The summed E-state index contributed by atoms with van der Waals surface area (Å²) in [4.78, 5) is 13.9. The zero-order chi connectivity index (χ0) is 28.4. The molecule has 210 valence electrons. The predicted molar refractivity (Wildman–Crippen MR) is 149 cm³/mol. The molecule has 0 bridgehead atoms. The summed E-state index contributed by atoms with van der Waals surface area (Å²) in [5.41, 5.74) is 5.26. The van der Waals surface area contributed by atoms with E-state index in [0.29, 0.717) is 42.7 Å². The van der Waals surface area contributed by atoms with Crippen molar-refractivity contribution in [1.29, 1.82) is 0 Å². The van der Waals surface area contributed by atoms with Crippen LogP contribution < -0.4 is 0 Å². The Hall–Kier alpha value is -3.45. The van der Waals surface area contributed by atoms with Crippen molar-refractivity contribution in [1.82, 2.24) is 4.90 Å². The van der Waals surface area contributed by atoms with Gasteiger partial charge in [0.05, 0.1) is 17.8 Å². The first-order valence-electron chi connectivity index (χ1n) is 13.8. The fourth-order valence-corrected chi connectivity index (χ4v) is 6.22. The van der Waals surface area contributed by atoms with Crippen LogP contribution in [0.5, 0.6) is 0 Å². The second-order valence-electron chi connectivity index (χ2n) is 10.9. The van der Waals surface area contributed by atoms with Gasteiger partial charge in [-0.25, -0.2) is 4.79 Å². The molecule has 0 amide bonds. The van der Waals surface area contributed by atoms with E-state index < -0.39 is 17.7 Å². The fraction of sp³-hybridized carbons (Fsp3) is 0.364. The second-order valence-corrected chi connectivity index (χ2v) is 10.9. The molecule has 0 aromatic heterocycles. The van der Waals surface area contributed by atoms with Gasteiger partial charge >= 0.3 is 12.1 Å². The van der Waals surface area contributed by atoms with E-state index in [9.17, 15) is 27.5 Å². The number of likely N-dealkylation sites (tertiary alicyclic amines) is 1. The van der Waals surface area contributed by atoms with E-state index in [0.717, 1.165) is 59.9 Å². The van der Waals surface area contributed by atoms with Crippen LogP contribution in [0.15, 0.2) is 60.7 Å². The molecule has 3 aromatic carbocycles. The van der Waals surface area contributed by atoms with Crippen LogP contribution in [-0.2, 0) is 19.0 Å². The zero-order valence-electron chi connectivity index (χ0n) is 22.5. The summed E-state index contributed by atoms with van der Waals surface area (Å²) in [5.74, 6) is -0.519. The van der Waals surface area contributed by atoms with E-state index in [-0.39, 0.29) is 17.8 Å². The number of hydrogen-bond donors (Lipinski definition) is 1. The summed E-state index contributed by atoms with van der Waals surface area (Å²) < 4.78 is 55.2. The van der Waals surface area contributed by atoms with Crippen molar-refractivity contribution >= 4 is 17.1 Å². The van der Waals surface area contributed by atoms with Gasteiger partial charge in [0, 0.05) is 19.6 Å². The Bertz CT molecular complexity index is 1420. The third kappa shape index (κ3) is 5.85. The molecule has 1 fully saturated rings. The molecular formula is C33H33F4NO2. The molecule has 3 nitrogen and oxygen atoms in total. The molecule has 40 heavy (non-hydrogen) atoms. The molecule has 1 aliphatic carbocycles. The lowest BCUT2D eigenvalue weighted by molar-refractivity contribution is -0.137. The number of benzene rings is 3. The number of carboxylic acid groups (broad SMARTS) is 1. The van der Waals surface area contributed by atoms with Crippen LogP contribution in [0.3, 0.4) is 0 Å². The summed E-state index contributed by atoms with van der Waals surface area (Å²) in [6.07, 6.45) is -1.42. The average Bonchev–Trinajstić information content (AvgIpc) is 3.08. The van der Waals surface area contributed by atoms with Crippen LogP contribution in [0.4, 0.5) is 17.6 Å². The minimum Gasteiger partial charge on any atom is -0.478 e. The maximum absolute atomic E-state index is 14.3. The topological polar surface area (TPSA) is 40.5 Å². The molecular weight excluding hydrogens is 518 g/mol. The van der Waals surface area contributed by atoms with Crippen molar-refractivity contribution in [2.45, 2.75) is 45.2 Å². The van der Waals surface area contributed by atoms with Crippen LogP contribution in [0.1, 0.15) is 68.6 Å². The summed E-state index contributed by atoms with van der Waals surface area (Å²) >= 11 is 0. The Morgan fingerprint density at radius 1 is 1.02 bits per heavy atom. The number of allylic oxidation sites excluding steroid dienone is 1. The molecule has 2 aliphatic rings. The fourth-order valence-electron chi connectivity index (χ4n) is 6.22. The van der Waals surface area contributed by atoms with Crippen LogP contribution in [0.25, 0.3) is 11.1 Å². The average molecular weight is 552 g/mol. The second kappa shape index (κ2) is 11.6. The predicted octanol–water partition coefficient (Wildman–Crippen LogP) is 7.84. The van der Waals surface area contributed by atoms with Crippen molar-refractivity contribution in [3.8, 4) is 0 Å². The highest BCUT2D eigenvalue weighted by Gasteiger charge is 2.36. The minimum atomic E-state index is -4.51. The van der Waals surface area contributed by atoms with Crippen LogP contribution in [-0.4, -0.2) is 42.3 Å². The number of aryl methyl sites for hydroxylation is 2. The van der Waals surface area contributed by atoms with Gasteiger partial charge in [-0.1, -0.05) is 42.5 Å². The van der Waals surface area contributed by atoms with Crippen molar-refractivity contribution in [3.05, 3.63) is 105 Å². The molecule has 1 N–H and O–H groups in total. The maximum Gasteiger partial charge on any atom is 0.417 e. The lowest BCUT2D eigenvalue weighted by Gasteiger charge is -2.39. The first kappa shape index (κ1) is 28.1. The number of rotatable bonds is 8. The molecule has 0 spiro atoms. The summed E-state index contributed by atoms with van der Waals surface area (Å²) in [7, 11) is 0. The molecule has 0 atom stereocenters. The first-order valence-corrected chi connectivity index (χ1v) is 13.8. The van der Waals surface area contributed by atoms with Gasteiger partial charge in [0.2, 0.25) is 0 Å². The van der Waals surface area contributed by atoms with Gasteiger partial charge in [0.1, 0.15) is 0 Å². The molecule has 0 saturated carbocycles. The zero-order valence-corrected chi connectivity index (χ0v) is 22.5. The first-order chi connectivity index (χ1) is 19.2. The van der Waals surface area contributed by atoms with Crippen LogP contribution in [0, 0.1) is 12.8 Å². The Balaban J connectivity index is 1.58. The summed E-state index contributed by atoms with van der Waals surface area (Å²) in [6.45, 7) is 4.10. The molecule has 7 heteroatoms. The third-order valence-corrected chi connectivity index (χ3v) is 8.08. The Morgan fingerprint density at radius 2 is 1.77 bits per heavy atom. The van der Waals surface area contributed by atoms with Crippen molar-refractivity contribution in [2.75, 3.05) is 26.3 Å². The van der Waals surface area contributed by atoms with E-state index in [1.165, 1.54) is 12.1 Å². The van der Waals surface area contributed by atoms with E-state index in [4.69, 9.17) is 0 Å². The lowest BCUT2D eigenvalue weighted by atomic mass is 9.83. The highest BCUT2D eigenvalue weighted by molar-refractivity contribution is 6.01. The van der Waals surface area contributed by atoms with Gasteiger partial charge in [-0.05, 0) is 108 Å². The quantitative estimate of drug-likeness (QED) is 0.290. The number of nitrogens with zero attached hydrogens (tertiary/aromatic N) is 1. The lowest BCUT2D eigenvalue weighted by Crippen LogP contribution is -2.47. The van der Waals surface area contributed by atoms with Gasteiger partial charge in [-0.3, -0.25) is 4.39 Å². The Kier molecular flexibility index (Phi) is 8.13. The summed E-state index contributed by atoms with van der Waals surface area (Å²) in [5, 5.41) is 9.56. The minimum absolute atomic E-state index is 0.171. The number of carboxylic acids is 1. The maximum atomic E-state index is 14.3. The Labute approximate surface area is 232 Å². The molecule has 5 rings (SSSR count). The van der Waals surface area contributed by atoms with Crippen molar-refractivity contribution in [2.24, 2.45) is 5.92 Å². The van der Waals surface area contributed by atoms with Gasteiger partial charge in [0.25, 0.3) is 0 Å². The number of carbonyl (C=O) groups is 1. The number of aromatic carboxylic acids is 1. The molecule has 1 aliphatic heterocycles. The number of alkyl halides is 4. The van der Waals surface area contributed by atoms with E-state index in [1.807, 2.05) is 24.3 Å². The molecule has 0 radical (unpaired) electrons. The van der Waals surface area contributed by atoms with Crippen molar-refractivity contribution < 1.29 is 27.5 Å². The number of halogens is 4. The third-order valence-electron chi connectivity index (χ3n) is 8.08. The van der Waals surface area contributed by atoms with Gasteiger partial charge in [-0.2, -0.15) is 13.2 Å². The number of fused-ring (bicyclic) bond motifs is 1. The molecule has 1 heterocycles. The van der Waals surface area contributed by atoms with E-state index in [1.54, 1.807) is 25.1 Å². The van der Waals surface area contributed by atoms with Crippen LogP contribution in [0.2, 0.25) is 0 Å². The van der Waals surface area contributed by atoms with Crippen molar-refractivity contribution in [3.63, 3.8) is 0 Å². The van der Waals surface area contributed by atoms with Crippen LogP contribution >= 0.6 is 0 Å². The van der Waals surface area contributed by atoms with Gasteiger partial charge < -0.3 is 10.0 Å². The SMILES string of the molecule is Cc1cccc(C(F)(F)F)c1C1=C(c2ccc(CC3CN(CCCF)C3)cc2)c2ccc(C(=O)O)cc2CCC1. The molecule has 1 saturated heterocycles. The van der Waals surface area contributed by atoms with Gasteiger partial charge in [-0.15, -0.1) is 0 Å². The monoisotopic (exact) mass is 551 g/mol. The summed E-state index contributed by atoms with van der Waals surface area (Å²) in [6, 6.07) is 17.3. The van der Waals surface area contributed by atoms with E-state index in [2.05, 4.69) is 4.90 Å². The number of hydrogen-bond acceptors (Lipinski definition) is 2. The normalized spacial score (nSPS) is 16.4. The standard InChI is InChI=1S/C33H33F4NO2/c1-21-5-2-8-29(33(35,36)37)30(21)28-7-3-6-25-18-26(32(39)40)13-14-27(25)31(28)24-11-9-22(10-12-24)17-23-19-38(20-23)16-4-15-34/h2,5,8-14,18,23H,3-4,6-7,15-17,19-20H2,1H3,(H,39,40). The highest BCUT2D eigenvalue weighted by Crippen LogP contribution is 2.45. The van der Waals surface area contributed by atoms with E-state index >= 15 is 0 Å². The van der Waals surface area contributed by atoms with Gasteiger partial charge in [0.15, 0.2) is 0 Å². The largest absolute Gasteiger partial charge is 0.478 e.